The lowest BCUT2D eigenvalue weighted by molar-refractivity contribution is 0.416. The Morgan fingerprint density at radius 1 is 1.38 bits per heavy atom. The first-order valence-corrected chi connectivity index (χ1v) is 6.46. The van der Waals surface area contributed by atoms with Crippen LogP contribution in [-0.4, -0.2) is 20.8 Å². The zero-order valence-corrected chi connectivity index (χ0v) is 9.89. The first kappa shape index (κ1) is 10.3. The molecule has 2 aliphatic rings. The molecule has 88 valence electrons. The van der Waals surface area contributed by atoms with Crippen LogP contribution in [0.5, 0.6) is 0 Å². The van der Waals surface area contributed by atoms with Gasteiger partial charge in [0.2, 0.25) is 0 Å². The summed E-state index contributed by atoms with van der Waals surface area (Å²) in [6, 6.07) is 1.37. The number of nitrogens with zero attached hydrogens (tertiary/aromatic N) is 3. The van der Waals surface area contributed by atoms with E-state index in [0.717, 1.165) is 18.3 Å². The van der Waals surface area contributed by atoms with E-state index in [0.29, 0.717) is 12.1 Å². The number of aromatic nitrogens is 3. The van der Waals surface area contributed by atoms with Crippen molar-refractivity contribution in [1.82, 2.24) is 20.1 Å². The molecule has 0 spiro atoms. The SMILES string of the molecule is CC1CCCC1NCc1nncn1C1CC1. The zero-order valence-electron chi connectivity index (χ0n) is 9.89. The summed E-state index contributed by atoms with van der Waals surface area (Å²) in [5.74, 6) is 1.93. The van der Waals surface area contributed by atoms with Crippen molar-refractivity contribution >= 4 is 0 Å². The van der Waals surface area contributed by atoms with Crippen molar-refractivity contribution < 1.29 is 0 Å². The van der Waals surface area contributed by atoms with Crippen LogP contribution in [0.1, 0.15) is 50.9 Å². The summed E-state index contributed by atoms with van der Waals surface area (Å²) in [5.41, 5.74) is 0. The van der Waals surface area contributed by atoms with Crippen molar-refractivity contribution in [3.63, 3.8) is 0 Å². The summed E-state index contributed by atoms with van der Waals surface area (Å²) in [7, 11) is 0. The number of nitrogens with one attached hydrogen (secondary N) is 1. The van der Waals surface area contributed by atoms with Crippen molar-refractivity contribution in [2.75, 3.05) is 0 Å². The predicted octanol–water partition coefficient (Wildman–Crippen LogP) is 1.89. The van der Waals surface area contributed by atoms with Crippen LogP contribution in [0.3, 0.4) is 0 Å². The van der Waals surface area contributed by atoms with E-state index in [1.54, 1.807) is 0 Å². The maximum atomic E-state index is 4.21. The fourth-order valence-electron chi connectivity index (χ4n) is 2.72. The largest absolute Gasteiger partial charge is 0.313 e. The lowest BCUT2D eigenvalue weighted by Gasteiger charge is -2.17. The Kier molecular flexibility index (Phi) is 2.67. The normalized spacial score (nSPS) is 29.8. The standard InChI is InChI=1S/C12H20N4/c1-9-3-2-4-11(9)13-7-12-15-14-8-16(12)10-5-6-10/h8-11,13H,2-7H2,1H3. The molecule has 4 heteroatoms. The molecule has 2 unspecified atom stereocenters. The summed E-state index contributed by atoms with van der Waals surface area (Å²) in [4.78, 5) is 0. The van der Waals surface area contributed by atoms with Gasteiger partial charge in [0.1, 0.15) is 12.2 Å². The van der Waals surface area contributed by atoms with Crippen LogP contribution >= 0.6 is 0 Å². The Bertz CT molecular complexity index is 356. The van der Waals surface area contributed by atoms with Gasteiger partial charge in [-0.15, -0.1) is 10.2 Å². The molecule has 0 radical (unpaired) electrons. The number of hydrogen-bond acceptors (Lipinski definition) is 3. The molecule has 1 heterocycles. The molecule has 0 aromatic carbocycles. The van der Waals surface area contributed by atoms with Gasteiger partial charge < -0.3 is 9.88 Å². The Morgan fingerprint density at radius 3 is 2.94 bits per heavy atom. The first-order valence-electron chi connectivity index (χ1n) is 6.46. The molecule has 0 saturated heterocycles. The summed E-state index contributed by atoms with van der Waals surface area (Å²) in [6.07, 6.45) is 8.53. The second kappa shape index (κ2) is 4.17. The maximum absolute atomic E-state index is 4.21. The minimum absolute atomic E-state index is 0.685. The van der Waals surface area contributed by atoms with Crippen molar-refractivity contribution in [1.29, 1.82) is 0 Å². The van der Waals surface area contributed by atoms with Crippen LogP contribution < -0.4 is 5.32 Å². The average molecular weight is 220 g/mol. The topological polar surface area (TPSA) is 42.7 Å². The van der Waals surface area contributed by atoms with E-state index in [-0.39, 0.29) is 0 Å². The smallest absolute Gasteiger partial charge is 0.147 e. The fraction of sp³-hybridized carbons (Fsp3) is 0.833. The summed E-state index contributed by atoms with van der Waals surface area (Å²) in [6.45, 7) is 3.22. The second-order valence-electron chi connectivity index (χ2n) is 5.28. The van der Waals surface area contributed by atoms with Crippen molar-refractivity contribution in [2.24, 2.45) is 5.92 Å². The molecule has 1 aromatic heterocycles. The van der Waals surface area contributed by atoms with Crippen molar-refractivity contribution in [3.05, 3.63) is 12.2 Å². The Hall–Kier alpha value is -0.900. The number of rotatable bonds is 4. The van der Waals surface area contributed by atoms with Crippen LogP contribution in [0.2, 0.25) is 0 Å². The molecular weight excluding hydrogens is 200 g/mol. The van der Waals surface area contributed by atoms with Crippen LogP contribution in [0.4, 0.5) is 0 Å². The number of hydrogen-bond donors (Lipinski definition) is 1. The van der Waals surface area contributed by atoms with Crippen molar-refractivity contribution in [2.45, 2.75) is 57.7 Å². The molecule has 1 aromatic rings. The van der Waals surface area contributed by atoms with Gasteiger partial charge in [-0.3, -0.25) is 0 Å². The highest BCUT2D eigenvalue weighted by Crippen LogP contribution is 2.35. The summed E-state index contributed by atoms with van der Waals surface area (Å²) >= 11 is 0. The minimum Gasteiger partial charge on any atom is -0.313 e. The highest BCUT2D eigenvalue weighted by molar-refractivity contribution is 4.95. The molecule has 2 aliphatic carbocycles. The minimum atomic E-state index is 0.685. The summed E-state index contributed by atoms with van der Waals surface area (Å²) < 4.78 is 2.24. The average Bonchev–Trinajstić information content (AvgIpc) is 2.88. The van der Waals surface area contributed by atoms with E-state index < -0.39 is 0 Å². The second-order valence-corrected chi connectivity index (χ2v) is 5.28. The van der Waals surface area contributed by atoms with Gasteiger partial charge in [-0.2, -0.15) is 0 Å². The third-order valence-electron chi connectivity index (χ3n) is 3.97. The Labute approximate surface area is 96.4 Å². The van der Waals surface area contributed by atoms with Gasteiger partial charge in [0.05, 0.1) is 6.54 Å². The van der Waals surface area contributed by atoms with Gasteiger partial charge in [-0.25, -0.2) is 0 Å². The van der Waals surface area contributed by atoms with Crippen LogP contribution in [0, 0.1) is 5.92 Å². The molecule has 0 bridgehead atoms. The molecule has 2 atom stereocenters. The van der Waals surface area contributed by atoms with E-state index in [9.17, 15) is 0 Å². The molecule has 2 saturated carbocycles. The molecule has 2 fully saturated rings. The molecule has 0 aliphatic heterocycles. The molecule has 1 N–H and O–H groups in total. The highest BCUT2D eigenvalue weighted by atomic mass is 15.3. The monoisotopic (exact) mass is 220 g/mol. The van der Waals surface area contributed by atoms with Gasteiger partial charge >= 0.3 is 0 Å². The fourth-order valence-corrected chi connectivity index (χ4v) is 2.72. The molecule has 3 rings (SSSR count). The molecular formula is C12H20N4. The summed E-state index contributed by atoms with van der Waals surface area (Å²) in [5, 5.41) is 11.9. The van der Waals surface area contributed by atoms with E-state index in [2.05, 4.69) is 27.0 Å². The maximum Gasteiger partial charge on any atom is 0.147 e. The third-order valence-corrected chi connectivity index (χ3v) is 3.97. The van der Waals surface area contributed by atoms with Gasteiger partial charge in [-0.1, -0.05) is 13.3 Å². The van der Waals surface area contributed by atoms with Gasteiger partial charge in [0, 0.05) is 12.1 Å². The lowest BCUT2D eigenvalue weighted by Crippen LogP contribution is -2.31. The Morgan fingerprint density at radius 2 is 2.25 bits per heavy atom. The van der Waals surface area contributed by atoms with E-state index in [1.165, 1.54) is 32.1 Å². The van der Waals surface area contributed by atoms with Crippen LogP contribution in [-0.2, 0) is 6.54 Å². The molecule has 0 amide bonds. The zero-order chi connectivity index (χ0) is 11.0. The quantitative estimate of drug-likeness (QED) is 0.842. The van der Waals surface area contributed by atoms with Gasteiger partial charge in [0.25, 0.3) is 0 Å². The molecule has 4 nitrogen and oxygen atoms in total. The van der Waals surface area contributed by atoms with Crippen LogP contribution in [0.15, 0.2) is 6.33 Å². The highest BCUT2D eigenvalue weighted by Gasteiger charge is 2.27. The van der Waals surface area contributed by atoms with Crippen molar-refractivity contribution in [3.8, 4) is 0 Å². The molecule has 16 heavy (non-hydrogen) atoms. The lowest BCUT2D eigenvalue weighted by atomic mass is 10.1. The van der Waals surface area contributed by atoms with E-state index >= 15 is 0 Å². The predicted molar refractivity (Wildman–Crippen MR) is 61.9 cm³/mol. The van der Waals surface area contributed by atoms with Gasteiger partial charge in [-0.05, 0) is 31.6 Å². The third kappa shape index (κ3) is 1.98. The van der Waals surface area contributed by atoms with Crippen LogP contribution in [0.25, 0.3) is 0 Å². The van der Waals surface area contributed by atoms with Gasteiger partial charge in [0.15, 0.2) is 0 Å². The first-order chi connectivity index (χ1) is 7.84. The Balaban J connectivity index is 1.59. The van der Waals surface area contributed by atoms with E-state index in [1.807, 2.05) is 6.33 Å². The van der Waals surface area contributed by atoms with E-state index in [4.69, 9.17) is 0 Å².